The Kier molecular flexibility index (Phi) is 5.66. The molecule has 0 saturated carbocycles. The van der Waals surface area contributed by atoms with E-state index < -0.39 is 11.1 Å². The van der Waals surface area contributed by atoms with Crippen molar-refractivity contribution in [3.05, 3.63) is 22.6 Å². The Morgan fingerprint density at radius 1 is 1.17 bits per heavy atom. The number of hydrogen-bond donors (Lipinski definition) is 0. The lowest BCUT2D eigenvalue weighted by Gasteiger charge is -2.27. The van der Waals surface area contributed by atoms with Crippen molar-refractivity contribution in [3.63, 3.8) is 0 Å². The van der Waals surface area contributed by atoms with Crippen LogP contribution in [0.25, 0.3) is 6.08 Å². The Bertz CT molecular complexity index is 878. The summed E-state index contributed by atoms with van der Waals surface area (Å²) in [5, 5.41) is -0.440. The van der Waals surface area contributed by atoms with Gasteiger partial charge in [-0.3, -0.25) is 19.3 Å². The second kappa shape index (κ2) is 8.36. The van der Waals surface area contributed by atoms with Crippen LogP contribution in [0.1, 0.15) is 31.7 Å². The maximum Gasteiger partial charge on any atom is 0.294 e. The molecule has 154 valence electrons. The number of fused-ring (bicyclic) bond motifs is 1. The molecule has 0 N–H and O–H groups in total. The molecule has 0 unspecified atom stereocenters. The van der Waals surface area contributed by atoms with Crippen LogP contribution in [0.5, 0.6) is 17.2 Å². The number of piperidine rings is 1. The van der Waals surface area contributed by atoms with Crippen molar-refractivity contribution in [2.45, 2.75) is 26.2 Å². The number of carbonyl (C=O) groups is 3. The molecular formula is C20H22N2O6S. The predicted octanol–water partition coefficient (Wildman–Crippen LogP) is 2.86. The van der Waals surface area contributed by atoms with Gasteiger partial charge in [-0.25, -0.2) is 0 Å². The predicted molar refractivity (Wildman–Crippen MR) is 107 cm³/mol. The smallest absolute Gasteiger partial charge is 0.294 e. The number of likely N-dealkylation sites (tertiary alicyclic amines) is 1. The van der Waals surface area contributed by atoms with Gasteiger partial charge in [0.05, 0.1) is 11.5 Å². The molecule has 8 nitrogen and oxygen atoms in total. The third-order valence-corrected chi connectivity index (χ3v) is 5.87. The second-order valence-electron chi connectivity index (χ2n) is 6.89. The minimum Gasteiger partial charge on any atom is -0.493 e. The van der Waals surface area contributed by atoms with Crippen molar-refractivity contribution in [1.82, 2.24) is 9.80 Å². The lowest BCUT2D eigenvalue weighted by molar-refractivity contribution is -0.136. The first-order valence-corrected chi connectivity index (χ1v) is 10.5. The average Bonchev–Trinajstić information content (AvgIpc) is 3.28. The number of imide groups is 1. The van der Waals surface area contributed by atoms with Crippen molar-refractivity contribution in [3.8, 4) is 17.2 Å². The van der Waals surface area contributed by atoms with Crippen LogP contribution in [0.2, 0.25) is 0 Å². The number of nitrogens with zero attached hydrogens (tertiary/aromatic N) is 2. The highest BCUT2D eigenvalue weighted by Crippen LogP contribution is 2.41. The molecule has 0 aliphatic carbocycles. The van der Waals surface area contributed by atoms with E-state index in [4.69, 9.17) is 14.2 Å². The Labute approximate surface area is 172 Å². The highest BCUT2D eigenvalue weighted by molar-refractivity contribution is 8.18. The Morgan fingerprint density at radius 2 is 1.90 bits per heavy atom. The molecule has 1 aromatic carbocycles. The van der Waals surface area contributed by atoms with Crippen LogP contribution in [-0.4, -0.2) is 59.9 Å². The van der Waals surface area contributed by atoms with E-state index in [-0.39, 0.29) is 24.2 Å². The standard InChI is InChI=1S/C20H22N2O6S/c1-2-26-14-10-16-15(27-12-28-16)8-13(14)9-17-19(24)22(20(25)29-17)11-18(23)21-6-4-3-5-7-21/h8-10H,2-7,11-12H2,1H3. The van der Waals surface area contributed by atoms with E-state index in [9.17, 15) is 14.4 Å². The molecule has 1 aromatic rings. The first-order valence-electron chi connectivity index (χ1n) is 9.66. The summed E-state index contributed by atoms with van der Waals surface area (Å²) in [6.07, 6.45) is 4.62. The number of hydrogen-bond acceptors (Lipinski definition) is 7. The molecule has 0 atom stereocenters. The van der Waals surface area contributed by atoms with Gasteiger partial charge in [0.15, 0.2) is 11.5 Å². The molecule has 4 rings (SSSR count). The van der Waals surface area contributed by atoms with E-state index in [2.05, 4.69) is 0 Å². The summed E-state index contributed by atoms with van der Waals surface area (Å²) in [4.78, 5) is 40.6. The van der Waals surface area contributed by atoms with Gasteiger partial charge in [0.1, 0.15) is 12.3 Å². The van der Waals surface area contributed by atoms with Gasteiger partial charge in [0, 0.05) is 24.7 Å². The lowest BCUT2D eigenvalue weighted by Crippen LogP contribution is -2.44. The topological polar surface area (TPSA) is 85.4 Å². The summed E-state index contributed by atoms with van der Waals surface area (Å²) in [6.45, 7) is 3.56. The zero-order chi connectivity index (χ0) is 20.4. The quantitative estimate of drug-likeness (QED) is 0.680. The number of ether oxygens (including phenoxy) is 3. The highest BCUT2D eigenvalue weighted by Gasteiger charge is 2.37. The molecule has 0 bridgehead atoms. The van der Waals surface area contributed by atoms with Gasteiger partial charge in [-0.05, 0) is 50.1 Å². The highest BCUT2D eigenvalue weighted by atomic mass is 32.2. The maximum atomic E-state index is 12.8. The molecule has 9 heteroatoms. The second-order valence-corrected chi connectivity index (χ2v) is 7.88. The van der Waals surface area contributed by atoms with Crippen LogP contribution in [-0.2, 0) is 9.59 Å². The SMILES string of the molecule is CCOc1cc2c(cc1C=C1SC(=O)N(CC(=O)N3CCCCC3)C1=O)OCO2. The molecule has 3 aliphatic rings. The zero-order valence-corrected chi connectivity index (χ0v) is 17.0. The van der Waals surface area contributed by atoms with Crippen LogP contribution in [0.4, 0.5) is 4.79 Å². The van der Waals surface area contributed by atoms with Crippen LogP contribution in [0.3, 0.4) is 0 Å². The number of rotatable bonds is 5. The van der Waals surface area contributed by atoms with Crippen LogP contribution >= 0.6 is 11.8 Å². The number of amides is 3. The molecule has 3 amide bonds. The average molecular weight is 418 g/mol. The van der Waals surface area contributed by atoms with Crippen molar-refractivity contribution in [1.29, 1.82) is 0 Å². The van der Waals surface area contributed by atoms with Crippen LogP contribution < -0.4 is 14.2 Å². The largest absolute Gasteiger partial charge is 0.493 e. The fourth-order valence-electron chi connectivity index (χ4n) is 3.49. The van der Waals surface area contributed by atoms with Gasteiger partial charge in [-0.1, -0.05) is 0 Å². The normalized spacial score (nSPS) is 20.0. The third-order valence-electron chi connectivity index (χ3n) is 4.97. The van der Waals surface area contributed by atoms with Gasteiger partial charge in [0.2, 0.25) is 12.7 Å². The number of carbonyl (C=O) groups excluding carboxylic acids is 3. The monoisotopic (exact) mass is 418 g/mol. The molecule has 2 saturated heterocycles. The maximum absolute atomic E-state index is 12.8. The molecule has 29 heavy (non-hydrogen) atoms. The van der Waals surface area contributed by atoms with Crippen molar-refractivity contribution >= 4 is 34.9 Å². The van der Waals surface area contributed by atoms with E-state index in [1.54, 1.807) is 23.1 Å². The molecule has 3 aliphatic heterocycles. The van der Waals surface area contributed by atoms with E-state index in [1.165, 1.54) is 0 Å². The molecule has 3 heterocycles. The molecule has 2 fully saturated rings. The molecule has 0 aromatic heterocycles. The van der Waals surface area contributed by atoms with E-state index in [1.807, 2.05) is 6.92 Å². The van der Waals surface area contributed by atoms with Crippen LogP contribution in [0.15, 0.2) is 17.0 Å². The van der Waals surface area contributed by atoms with E-state index >= 15 is 0 Å². The first kappa shape index (κ1) is 19.6. The molecular weight excluding hydrogens is 396 g/mol. The van der Waals surface area contributed by atoms with Gasteiger partial charge < -0.3 is 19.1 Å². The molecule has 0 spiro atoms. The number of benzene rings is 1. The summed E-state index contributed by atoms with van der Waals surface area (Å²) in [5.74, 6) is 1.01. The minimum absolute atomic E-state index is 0.124. The number of thioether (sulfide) groups is 1. The van der Waals surface area contributed by atoms with Crippen molar-refractivity contribution < 1.29 is 28.6 Å². The lowest BCUT2D eigenvalue weighted by atomic mass is 10.1. The third kappa shape index (κ3) is 4.05. The van der Waals surface area contributed by atoms with Gasteiger partial charge in [-0.2, -0.15) is 0 Å². The Balaban J connectivity index is 1.54. The zero-order valence-electron chi connectivity index (χ0n) is 16.1. The van der Waals surface area contributed by atoms with Gasteiger partial charge in [-0.15, -0.1) is 0 Å². The minimum atomic E-state index is -0.467. The summed E-state index contributed by atoms with van der Waals surface area (Å²) in [6, 6.07) is 3.43. The van der Waals surface area contributed by atoms with Crippen LogP contribution in [0, 0.1) is 0 Å². The van der Waals surface area contributed by atoms with Gasteiger partial charge in [0.25, 0.3) is 11.1 Å². The summed E-state index contributed by atoms with van der Waals surface area (Å²) in [5.41, 5.74) is 0.615. The fourth-order valence-corrected chi connectivity index (χ4v) is 4.32. The summed E-state index contributed by atoms with van der Waals surface area (Å²) in [7, 11) is 0. The Morgan fingerprint density at radius 3 is 2.62 bits per heavy atom. The summed E-state index contributed by atoms with van der Waals surface area (Å²) >= 11 is 0.826. The fraction of sp³-hybridized carbons (Fsp3) is 0.450. The first-order chi connectivity index (χ1) is 14.1. The summed E-state index contributed by atoms with van der Waals surface area (Å²) < 4.78 is 16.4. The van der Waals surface area contributed by atoms with E-state index in [0.717, 1.165) is 35.9 Å². The molecule has 0 radical (unpaired) electrons. The van der Waals surface area contributed by atoms with E-state index in [0.29, 0.717) is 42.5 Å². The Hall–Kier alpha value is -2.68. The van der Waals surface area contributed by atoms with Crippen molar-refractivity contribution in [2.75, 3.05) is 33.0 Å². The van der Waals surface area contributed by atoms with Crippen molar-refractivity contribution in [2.24, 2.45) is 0 Å². The van der Waals surface area contributed by atoms with Gasteiger partial charge >= 0.3 is 0 Å².